The van der Waals surface area contributed by atoms with Gasteiger partial charge in [-0.25, -0.2) is 19.9 Å². The summed E-state index contributed by atoms with van der Waals surface area (Å²) < 4.78 is 39.2. The molecule has 1 aliphatic heterocycles. The monoisotopic (exact) mass is 567 g/mol. The molecule has 38 heavy (non-hydrogen) atoms. The van der Waals surface area contributed by atoms with Crippen LogP contribution >= 0.6 is 22.9 Å². The third-order valence-electron chi connectivity index (χ3n) is 6.27. The van der Waals surface area contributed by atoms with Crippen molar-refractivity contribution >= 4 is 46.3 Å². The average Bonchev–Trinajstić information content (AvgIpc) is 3.40. The van der Waals surface area contributed by atoms with Crippen LogP contribution in [-0.4, -0.2) is 51.3 Å². The van der Waals surface area contributed by atoms with E-state index in [2.05, 4.69) is 30.2 Å². The van der Waals surface area contributed by atoms with Crippen LogP contribution in [0, 0.1) is 5.92 Å². The van der Waals surface area contributed by atoms with Gasteiger partial charge in [-0.1, -0.05) is 18.5 Å². The van der Waals surface area contributed by atoms with Crippen LogP contribution < -0.4 is 16.0 Å². The molecule has 9 nitrogen and oxygen atoms in total. The van der Waals surface area contributed by atoms with Gasteiger partial charge >= 0.3 is 6.18 Å². The number of pyridine rings is 1. The summed E-state index contributed by atoms with van der Waals surface area (Å²) in [5, 5.41) is 2.29. The molecule has 3 N–H and O–H groups in total. The van der Waals surface area contributed by atoms with E-state index in [1.807, 2.05) is 0 Å². The first-order valence-electron chi connectivity index (χ1n) is 11.8. The Hall–Kier alpha value is -3.16. The van der Waals surface area contributed by atoms with Gasteiger partial charge in [-0.2, -0.15) is 13.2 Å². The molecule has 0 saturated carbocycles. The number of halogens is 4. The maximum absolute atomic E-state index is 13.1. The smallest absolute Gasteiger partial charge is 0.356 e. The van der Waals surface area contributed by atoms with Crippen LogP contribution in [-0.2, 0) is 6.18 Å². The van der Waals surface area contributed by atoms with Crippen LogP contribution in [0.3, 0.4) is 0 Å². The second-order valence-corrected chi connectivity index (χ2v) is 10.5. The van der Waals surface area contributed by atoms with E-state index >= 15 is 0 Å². The molecule has 202 valence electrons. The van der Waals surface area contributed by atoms with Crippen LogP contribution in [0.5, 0.6) is 0 Å². The molecule has 1 amide bonds. The first-order chi connectivity index (χ1) is 18.0. The highest BCUT2D eigenvalue weighted by Gasteiger charge is 2.34. The maximum atomic E-state index is 13.1. The van der Waals surface area contributed by atoms with Gasteiger partial charge in [0.25, 0.3) is 5.91 Å². The molecule has 0 aromatic carbocycles. The van der Waals surface area contributed by atoms with Gasteiger partial charge in [-0.05, 0) is 31.4 Å². The van der Waals surface area contributed by atoms with Gasteiger partial charge in [0, 0.05) is 37.7 Å². The zero-order valence-electron chi connectivity index (χ0n) is 20.3. The second-order valence-electron chi connectivity index (χ2n) is 9.02. The Bertz CT molecular complexity index is 1310. The van der Waals surface area contributed by atoms with Gasteiger partial charge in [-0.15, -0.1) is 11.3 Å². The first-order valence-corrected chi connectivity index (χ1v) is 13.0. The zero-order valence-corrected chi connectivity index (χ0v) is 21.9. The molecule has 1 aliphatic rings. The maximum Gasteiger partial charge on any atom is 0.418 e. The predicted molar refractivity (Wildman–Crippen MR) is 138 cm³/mol. The fraction of sp³-hybridized carbons (Fsp3) is 0.417. The van der Waals surface area contributed by atoms with Crippen LogP contribution in [0.4, 0.5) is 24.8 Å². The van der Waals surface area contributed by atoms with Crippen LogP contribution in [0.1, 0.15) is 62.8 Å². The summed E-state index contributed by atoms with van der Waals surface area (Å²) in [5.74, 6) is -0.280. The number of nitrogens with two attached hydrogens (primary N) is 1. The number of nitrogens with zero attached hydrogens (tertiary/aromatic N) is 5. The largest absolute Gasteiger partial charge is 0.418 e. The Balaban J connectivity index is 1.38. The summed E-state index contributed by atoms with van der Waals surface area (Å²) in [4.78, 5) is 44.2. The molecule has 0 radical (unpaired) electrons. The minimum Gasteiger partial charge on any atom is -0.356 e. The molecule has 1 fully saturated rings. The topological polar surface area (TPSA) is 127 Å². The van der Waals surface area contributed by atoms with Gasteiger partial charge in [0.2, 0.25) is 0 Å². The van der Waals surface area contributed by atoms with Crippen molar-refractivity contribution in [3.05, 3.63) is 57.0 Å². The number of nitrogens with one attached hydrogen (secondary N) is 1. The van der Waals surface area contributed by atoms with Gasteiger partial charge in [0.15, 0.2) is 5.78 Å². The molecule has 4 rings (SSSR count). The third-order valence-corrected chi connectivity index (χ3v) is 7.80. The molecule has 1 unspecified atom stereocenters. The summed E-state index contributed by atoms with van der Waals surface area (Å²) in [7, 11) is 0. The lowest BCUT2D eigenvalue weighted by Crippen LogP contribution is -2.36. The van der Waals surface area contributed by atoms with Crippen LogP contribution in [0.15, 0.2) is 30.9 Å². The van der Waals surface area contributed by atoms with Crippen molar-refractivity contribution in [1.82, 2.24) is 19.9 Å². The minimum absolute atomic E-state index is 0.105. The Morgan fingerprint density at radius 3 is 2.61 bits per heavy atom. The summed E-state index contributed by atoms with van der Waals surface area (Å²) in [6.45, 7) is 4.09. The lowest BCUT2D eigenvalue weighted by atomic mass is 9.97. The Labute approximate surface area is 225 Å². The Kier molecular flexibility index (Phi) is 8.58. The van der Waals surface area contributed by atoms with E-state index in [4.69, 9.17) is 17.3 Å². The number of alkyl halides is 3. The third kappa shape index (κ3) is 6.63. The number of ketones is 1. The average molecular weight is 568 g/mol. The number of Topliss-reactive ketones (excluding diaryl/α,β-unsaturated/α-hetero) is 1. The number of hydrogen-bond acceptors (Lipinski definition) is 9. The Morgan fingerprint density at radius 2 is 1.92 bits per heavy atom. The van der Waals surface area contributed by atoms with Gasteiger partial charge < -0.3 is 16.0 Å². The summed E-state index contributed by atoms with van der Waals surface area (Å²) in [6.07, 6.45) is 0.871. The van der Waals surface area contributed by atoms with Crippen LogP contribution in [0.25, 0.3) is 0 Å². The molecule has 1 atom stereocenters. The van der Waals surface area contributed by atoms with E-state index in [-0.39, 0.29) is 28.8 Å². The fourth-order valence-electron chi connectivity index (χ4n) is 4.06. The van der Waals surface area contributed by atoms with Crippen molar-refractivity contribution < 1.29 is 22.8 Å². The molecule has 1 saturated heterocycles. The number of thiazole rings is 1. The highest BCUT2D eigenvalue weighted by Crippen LogP contribution is 2.35. The summed E-state index contributed by atoms with van der Waals surface area (Å²) in [6, 6.07) is 2.35. The number of piperidine rings is 1. The summed E-state index contributed by atoms with van der Waals surface area (Å²) >= 11 is 6.62. The van der Waals surface area contributed by atoms with Crippen molar-refractivity contribution in [2.75, 3.05) is 29.9 Å². The molecule has 4 heterocycles. The standard InChI is InChI=1S/C24H25ClF3N7O2S/c1-13(6-18(36)17-8-21(33-12-32-17)35-4-2-14(9-29)3-5-35)23-31-11-19(38-23)22(37)34-20-7-15(24(26,27)28)16(25)10-30-20/h7-8,10-14H,2-6,9,29H2,1H3,(H,30,34,37). The Morgan fingerprint density at radius 1 is 1.18 bits per heavy atom. The van der Waals surface area contributed by atoms with Gasteiger partial charge in [0.05, 0.1) is 21.8 Å². The molecule has 0 aliphatic carbocycles. The van der Waals surface area contributed by atoms with Gasteiger partial charge in [-0.3, -0.25) is 9.59 Å². The number of aromatic nitrogens is 4. The number of carbonyl (C=O) groups excluding carboxylic acids is 2. The molecule has 0 spiro atoms. The SMILES string of the molecule is CC(CC(=O)c1cc(N2CCC(CN)CC2)ncn1)c1ncc(C(=O)Nc2cc(C(F)(F)F)c(Cl)cn2)s1. The number of amides is 1. The van der Waals surface area contributed by atoms with E-state index in [0.717, 1.165) is 43.5 Å². The molecular weight excluding hydrogens is 543 g/mol. The minimum atomic E-state index is -4.69. The van der Waals surface area contributed by atoms with Crippen molar-refractivity contribution in [2.24, 2.45) is 11.7 Å². The molecule has 14 heteroatoms. The highest BCUT2D eigenvalue weighted by molar-refractivity contribution is 7.13. The van der Waals surface area contributed by atoms with Crippen LogP contribution in [0.2, 0.25) is 5.02 Å². The fourth-order valence-corrected chi connectivity index (χ4v) is 5.14. The normalized spacial score (nSPS) is 15.4. The van der Waals surface area contributed by atoms with E-state index in [9.17, 15) is 22.8 Å². The molecule has 0 bridgehead atoms. The van der Waals surface area contributed by atoms with E-state index < -0.39 is 22.7 Å². The molecule has 3 aromatic heterocycles. The van der Waals surface area contributed by atoms with Crippen molar-refractivity contribution in [3.8, 4) is 0 Å². The van der Waals surface area contributed by atoms with Crippen molar-refractivity contribution in [2.45, 2.75) is 38.3 Å². The lowest BCUT2D eigenvalue weighted by molar-refractivity contribution is -0.137. The van der Waals surface area contributed by atoms with Gasteiger partial charge in [0.1, 0.15) is 28.5 Å². The highest BCUT2D eigenvalue weighted by atomic mass is 35.5. The first kappa shape index (κ1) is 27.9. The van der Waals surface area contributed by atoms with Crippen molar-refractivity contribution in [3.63, 3.8) is 0 Å². The van der Waals surface area contributed by atoms with Crippen molar-refractivity contribution in [1.29, 1.82) is 0 Å². The summed E-state index contributed by atoms with van der Waals surface area (Å²) in [5.41, 5.74) is 4.96. The quantitative estimate of drug-likeness (QED) is 0.371. The van der Waals surface area contributed by atoms with E-state index in [0.29, 0.717) is 35.0 Å². The number of hydrogen-bond donors (Lipinski definition) is 2. The molecular formula is C24H25ClF3N7O2S. The van der Waals surface area contributed by atoms with E-state index in [1.54, 1.807) is 13.0 Å². The molecule has 3 aromatic rings. The second kappa shape index (κ2) is 11.7. The lowest BCUT2D eigenvalue weighted by Gasteiger charge is -2.32. The number of carbonyl (C=O) groups is 2. The zero-order chi connectivity index (χ0) is 27.4. The predicted octanol–water partition coefficient (Wildman–Crippen LogP) is 4.80. The van der Waals surface area contributed by atoms with E-state index in [1.165, 1.54) is 12.5 Å². The number of rotatable bonds is 8. The number of anilines is 2.